The molecule has 252 valence electrons. The number of primary amides is 1. The van der Waals surface area contributed by atoms with Crippen LogP contribution in [-0.2, 0) is 40.3 Å². The van der Waals surface area contributed by atoms with Gasteiger partial charge < -0.3 is 25.2 Å². The van der Waals surface area contributed by atoms with Crippen molar-refractivity contribution in [1.82, 2.24) is 9.88 Å². The lowest BCUT2D eigenvalue weighted by Gasteiger charge is -2.33. The van der Waals surface area contributed by atoms with E-state index in [1.807, 2.05) is 85.7 Å². The number of nitrogens with two attached hydrogens (primary N) is 1. The summed E-state index contributed by atoms with van der Waals surface area (Å²) in [5.74, 6) is -0.871. The molecule has 4 aliphatic rings. The zero-order valence-corrected chi connectivity index (χ0v) is 28.9. The van der Waals surface area contributed by atoms with Crippen molar-refractivity contribution >= 4 is 28.7 Å². The highest BCUT2D eigenvalue weighted by atomic mass is 19.1. The Hall–Kier alpha value is -4.50. The molecule has 3 N–H and O–H groups in total. The molecule has 7 rings (SSSR count). The second-order valence-corrected chi connectivity index (χ2v) is 10.7. The standard InChI is InChI=1S/C23H19FN2O3.C9H11NO2.3C2H6/c1-10-12-4-3-5-13-15-8-26-11(2)16-9-29-23(28)22(27)14(16)6-19(26)21(15)25-18(20(12)13)7-17(10)24;1-7-2-4-8(5-3-7)6-12-9(10)11;3*1-2/h6-7,22,27H,2-5,8-9H2,1H3;2-5H,6H2,1H3,(H2,10,11);3*1-2H3. The van der Waals surface area contributed by atoms with Gasteiger partial charge in [0, 0.05) is 33.9 Å². The number of aliphatic hydroxyl groups excluding tert-OH is 1. The fraction of sp³-hybridized carbons (Fsp3) is 0.395. The van der Waals surface area contributed by atoms with Crippen LogP contribution in [0, 0.1) is 19.7 Å². The van der Waals surface area contributed by atoms with E-state index in [-0.39, 0.29) is 19.0 Å². The number of cyclic esters (lactones) is 1. The molecule has 3 aliphatic heterocycles. The molecule has 0 radical (unpaired) electrons. The molecule has 1 atom stereocenters. The third kappa shape index (κ3) is 7.41. The molecule has 0 fully saturated rings. The van der Waals surface area contributed by atoms with Crippen LogP contribution in [-0.4, -0.2) is 39.8 Å². The first-order chi connectivity index (χ1) is 22.6. The number of pyridine rings is 1. The molecule has 9 heteroatoms. The third-order valence-electron chi connectivity index (χ3n) is 8.21. The number of amides is 1. The van der Waals surface area contributed by atoms with Crippen LogP contribution in [0.25, 0.3) is 16.6 Å². The van der Waals surface area contributed by atoms with Crippen molar-refractivity contribution in [2.24, 2.45) is 5.73 Å². The number of ether oxygens (including phenoxy) is 2. The lowest BCUT2D eigenvalue weighted by Crippen LogP contribution is -2.36. The maximum Gasteiger partial charge on any atom is 0.404 e. The summed E-state index contributed by atoms with van der Waals surface area (Å²) in [5.41, 5.74) is 15.4. The molecule has 1 unspecified atom stereocenters. The molecule has 0 bridgehead atoms. The van der Waals surface area contributed by atoms with Gasteiger partial charge in [0.2, 0.25) is 0 Å². The average Bonchev–Trinajstić information content (AvgIpc) is 3.47. The number of rotatable bonds is 2. The van der Waals surface area contributed by atoms with E-state index in [1.54, 1.807) is 0 Å². The number of aromatic nitrogens is 1. The van der Waals surface area contributed by atoms with Gasteiger partial charge in [-0.2, -0.15) is 0 Å². The molecule has 1 aliphatic carbocycles. The molecule has 0 spiro atoms. The van der Waals surface area contributed by atoms with Crippen LogP contribution in [0.2, 0.25) is 0 Å². The number of esters is 1. The number of carbonyl (C=O) groups excluding carboxylic acids is 2. The van der Waals surface area contributed by atoms with Crippen molar-refractivity contribution in [3.05, 3.63) is 105 Å². The van der Waals surface area contributed by atoms with E-state index in [0.717, 1.165) is 69.6 Å². The smallest absolute Gasteiger partial charge is 0.404 e. The first-order valence-electron chi connectivity index (χ1n) is 16.5. The quantitative estimate of drug-likeness (QED) is 0.274. The summed E-state index contributed by atoms with van der Waals surface area (Å²) in [7, 11) is 0. The molecule has 1 amide bonds. The lowest BCUT2D eigenvalue weighted by atomic mass is 9.85. The number of hydrogen-bond donors (Lipinski definition) is 2. The Morgan fingerprint density at radius 2 is 1.72 bits per heavy atom. The van der Waals surface area contributed by atoms with Gasteiger partial charge >= 0.3 is 12.1 Å². The fourth-order valence-electron chi connectivity index (χ4n) is 6.03. The van der Waals surface area contributed by atoms with E-state index in [2.05, 4.69) is 16.2 Å². The van der Waals surface area contributed by atoms with Crippen LogP contribution < -0.4 is 5.73 Å². The second-order valence-electron chi connectivity index (χ2n) is 10.7. The van der Waals surface area contributed by atoms with Gasteiger partial charge in [0.15, 0.2) is 6.10 Å². The van der Waals surface area contributed by atoms with Gasteiger partial charge in [0.1, 0.15) is 19.0 Å². The SMILES string of the molecule is C=C1C2=C(C=C3c4nc5cc(F)c(C)c6c5c(c4CN13)CCC6)C(O)C(=O)OC2.CC.CC.CC.Cc1ccc(COC(N)=O)cc1. The summed E-state index contributed by atoms with van der Waals surface area (Å²) >= 11 is 0. The number of fused-ring (bicyclic) bond motifs is 4. The van der Waals surface area contributed by atoms with Crippen molar-refractivity contribution in [2.45, 2.75) is 93.9 Å². The Labute approximate surface area is 277 Å². The molecule has 47 heavy (non-hydrogen) atoms. The number of carbonyl (C=O) groups is 2. The highest BCUT2D eigenvalue weighted by Gasteiger charge is 2.40. The summed E-state index contributed by atoms with van der Waals surface area (Å²) in [6.07, 6.45) is 2.55. The van der Waals surface area contributed by atoms with Crippen LogP contribution >= 0.6 is 0 Å². The van der Waals surface area contributed by atoms with Crippen LogP contribution in [0.4, 0.5) is 9.18 Å². The summed E-state index contributed by atoms with van der Waals surface area (Å²) in [6, 6.07) is 9.25. The molecule has 2 aromatic carbocycles. The fourth-order valence-corrected chi connectivity index (χ4v) is 6.03. The number of aliphatic hydroxyl groups is 1. The van der Waals surface area contributed by atoms with E-state index < -0.39 is 18.2 Å². The predicted molar refractivity (Wildman–Crippen MR) is 185 cm³/mol. The monoisotopic (exact) mass is 645 g/mol. The van der Waals surface area contributed by atoms with Gasteiger partial charge in [-0.05, 0) is 61.4 Å². The molecule has 3 aromatic rings. The molecular weight excluding hydrogens is 597 g/mol. The van der Waals surface area contributed by atoms with Crippen molar-refractivity contribution in [3.63, 3.8) is 0 Å². The Balaban J connectivity index is 0.000000282. The van der Waals surface area contributed by atoms with Gasteiger partial charge in [-0.3, -0.25) is 0 Å². The number of hydrogen-bond acceptors (Lipinski definition) is 7. The normalized spacial score (nSPS) is 16.6. The van der Waals surface area contributed by atoms with Crippen LogP contribution in [0.15, 0.2) is 59.8 Å². The lowest BCUT2D eigenvalue weighted by molar-refractivity contribution is -0.151. The average molecular weight is 646 g/mol. The van der Waals surface area contributed by atoms with Gasteiger partial charge in [0.25, 0.3) is 0 Å². The Bertz CT molecular complexity index is 1710. The highest BCUT2D eigenvalue weighted by Crippen LogP contribution is 2.47. The largest absolute Gasteiger partial charge is 0.459 e. The van der Waals surface area contributed by atoms with Crippen LogP contribution in [0.5, 0.6) is 0 Å². The molecule has 1 aromatic heterocycles. The molecule has 8 nitrogen and oxygen atoms in total. The van der Waals surface area contributed by atoms with E-state index in [4.69, 9.17) is 15.5 Å². The van der Waals surface area contributed by atoms with Crippen molar-refractivity contribution < 1.29 is 28.6 Å². The predicted octanol–water partition coefficient (Wildman–Crippen LogP) is 7.74. The Morgan fingerprint density at radius 3 is 2.36 bits per heavy atom. The van der Waals surface area contributed by atoms with E-state index in [1.165, 1.54) is 17.2 Å². The maximum atomic E-state index is 14.5. The Morgan fingerprint density at radius 1 is 1.09 bits per heavy atom. The van der Waals surface area contributed by atoms with Crippen molar-refractivity contribution in [3.8, 4) is 0 Å². The zero-order chi connectivity index (χ0) is 35.0. The van der Waals surface area contributed by atoms with Gasteiger partial charge in [-0.15, -0.1) is 0 Å². The molecule has 4 heterocycles. The van der Waals surface area contributed by atoms with Crippen LogP contribution in [0.3, 0.4) is 0 Å². The van der Waals surface area contributed by atoms with E-state index in [0.29, 0.717) is 17.6 Å². The summed E-state index contributed by atoms with van der Waals surface area (Å²) in [6.45, 7) is 21.0. The van der Waals surface area contributed by atoms with Gasteiger partial charge in [0.05, 0.1) is 23.5 Å². The van der Waals surface area contributed by atoms with E-state index in [9.17, 15) is 19.1 Å². The second kappa shape index (κ2) is 16.4. The number of aryl methyl sites for hydroxylation is 3. The minimum absolute atomic E-state index is 0.109. The minimum Gasteiger partial charge on any atom is -0.459 e. The highest BCUT2D eigenvalue weighted by molar-refractivity contribution is 5.93. The minimum atomic E-state index is -1.32. The zero-order valence-electron chi connectivity index (χ0n) is 28.9. The summed E-state index contributed by atoms with van der Waals surface area (Å²) in [4.78, 5) is 29.0. The topological polar surface area (TPSA) is 115 Å². The first-order valence-corrected chi connectivity index (χ1v) is 16.5. The Kier molecular flexibility index (Phi) is 12.9. The maximum absolute atomic E-state index is 14.5. The van der Waals surface area contributed by atoms with Gasteiger partial charge in [-0.25, -0.2) is 19.0 Å². The molecular formula is C38H48FN3O5. The van der Waals surface area contributed by atoms with Crippen molar-refractivity contribution in [1.29, 1.82) is 0 Å². The molecule has 0 saturated carbocycles. The summed E-state index contributed by atoms with van der Waals surface area (Å²) in [5, 5.41) is 11.4. The third-order valence-corrected chi connectivity index (χ3v) is 8.21. The summed E-state index contributed by atoms with van der Waals surface area (Å²) < 4.78 is 24.2. The van der Waals surface area contributed by atoms with E-state index >= 15 is 0 Å². The number of halogens is 1. The number of nitrogens with zero attached hydrogens (tertiary/aromatic N) is 2. The first kappa shape index (κ1) is 37.0. The van der Waals surface area contributed by atoms with Crippen molar-refractivity contribution in [2.75, 3.05) is 6.61 Å². The van der Waals surface area contributed by atoms with Gasteiger partial charge in [-0.1, -0.05) is 78.0 Å². The molecule has 0 saturated heterocycles. The number of benzene rings is 2. The van der Waals surface area contributed by atoms with Crippen LogP contribution in [0.1, 0.15) is 87.0 Å².